The van der Waals surface area contributed by atoms with Crippen LogP contribution in [0.1, 0.15) is 20.3 Å². The van der Waals surface area contributed by atoms with E-state index in [1.807, 2.05) is 13.8 Å². The summed E-state index contributed by atoms with van der Waals surface area (Å²) in [6.45, 7) is 7.56. The van der Waals surface area contributed by atoms with Crippen LogP contribution in [0.5, 0.6) is 0 Å². The van der Waals surface area contributed by atoms with Gasteiger partial charge in [0.1, 0.15) is 6.04 Å². The van der Waals surface area contributed by atoms with E-state index in [9.17, 15) is 9.59 Å². The minimum atomic E-state index is -1.02. The largest absolute Gasteiger partial charge is 0.480 e. The van der Waals surface area contributed by atoms with E-state index in [4.69, 9.17) is 5.11 Å². The lowest BCUT2D eigenvalue weighted by Gasteiger charge is -2.16. The number of nitrogens with one attached hydrogen (secondary N) is 2. The molecule has 1 atom stereocenters. The lowest BCUT2D eigenvalue weighted by molar-refractivity contribution is -0.139. The zero-order valence-corrected chi connectivity index (χ0v) is 9.12. The molecule has 0 aliphatic carbocycles. The van der Waals surface area contributed by atoms with Crippen LogP contribution in [0, 0.1) is 5.92 Å². The van der Waals surface area contributed by atoms with Gasteiger partial charge in [0, 0.05) is 6.54 Å². The van der Waals surface area contributed by atoms with Crippen molar-refractivity contribution in [2.24, 2.45) is 5.92 Å². The predicted octanol–water partition coefficient (Wildman–Crippen LogP) is 0.971. The first-order chi connectivity index (χ1) is 6.97. The van der Waals surface area contributed by atoms with Gasteiger partial charge in [0.25, 0.3) is 0 Å². The molecule has 3 N–H and O–H groups in total. The van der Waals surface area contributed by atoms with Crippen molar-refractivity contribution in [2.45, 2.75) is 26.3 Å². The zero-order chi connectivity index (χ0) is 11.8. The number of hydrogen-bond donors (Lipinski definition) is 3. The SMILES string of the molecule is C=CCNC(=O)NC(CC(C)C)C(=O)O. The summed E-state index contributed by atoms with van der Waals surface area (Å²) in [6, 6.07) is -1.32. The third kappa shape index (κ3) is 6.54. The second kappa shape index (κ2) is 6.86. The Bertz CT molecular complexity index is 239. The van der Waals surface area contributed by atoms with E-state index in [-0.39, 0.29) is 5.92 Å². The Morgan fingerprint density at radius 1 is 1.47 bits per heavy atom. The Labute approximate surface area is 89.6 Å². The first-order valence-corrected chi connectivity index (χ1v) is 4.85. The van der Waals surface area contributed by atoms with Crippen molar-refractivity contribution in [3.8, 4) is 0 Å². The number of carbonyl (C=O) groups is 2. The fourth-order valence-electron chi connectivity index (χ4n) is 1.07. The molecule has 0 aromatic heterocycles. The van der Waals surface area contributed by atoms with Gasteiger partial charge in [-0.05, 0) is 12.3 Å². The normalized spacial score (nSPS) is 11.9. The topological polar surface area (TPSA) is 78.4 Å². The van der Waals surface area contributed by atoms with Gasteiger partial charge in [-0.15, -0.1) is 6.58 Å². The summed E-state index contributed by atoms with van der Waals surface area (Å²) >= 11 is 0. The first-order valence-electron chi connectivity index (χ1n) is 4.85. The van der Waals surface area contributed by atoms with E-state index >= 15 is 0 Å². The first kappa shape index (κ1) is 13.5. The van der Waals surface area contributed by atoms with Crippen molar-refractivity contribution in [1.82, 2.24) is 10.6 Å². The molecule has 5 heteroatoms. The van der Waals surface area contributed by atoms with Crippen molar-refractivity contribution in [1.29, 1.82) is 0 Å². The maximum atomic E-state index is 11.2. The van der Waals surface area contributed by atoms with Crippen LogP contribution in [0.15, 0.2) is 12.7 Å². The zero-order valence-electron chi connectivity index (χ0n) is 9.12. The second-order valence-corrected chi connectivity index (χ2v) is 3.66. The highest BCUT2D eigenvalue weighted by Crippen LogP contribution is 2.04. The molecule has 0 aliphatic rings. The predicted molar refractivity (Wildman–Crippen MR) is 57.6 cm³/mol. The number of rotatable bonds is 6. The van der Waals surface area contributed by atoms with Crippen LogP contribution < -0.4 is 10.6 Å². The number of aliphatic carboxylic acids is 1. The van der Waals surface area contributed by atoms with E-state index in [2.05, 4.69) is 17.2 Å². The van der Waals surface area contributed by atoms with Gasteiger partial charge in [-0.3, -0.25) is 0 Å². The van der Waals surface area contributed by atoms with Crippen LogP contribution >= 0.6 is 0 Å². The summed E-state index contributed by atoms with van der Waals surface area (Å²) < 4.78 is 0. The van der Waals surface area contributed by atoms with Gasteiger partial charge in [-0.1, -0.05) is 19.9 Å². The Balaban J connectivity index is 4.10. The molecule has 0 fully saturated rings. The van der Waals surface area contributed by atoms with Crippen LogP contribution in [-0.2, 0) is 4.79 Å². The van der Waals surface area contributed by atoms with Crippen molar-refractivity contribution in [2.75, 3.05) is 6.54 Å². The molecule has 0 saturated heterocycles. The van der Waals surface area contributed by atoms with E-state index in [1.165, 1.54) is 6.08 Å². The molecule has 15 heavy (non-hydrogen) atoms. The lowest BCUT2D eigenvalue weighted by Crippen LogP contribution is -2.46. The van der Waals surface area contributed by atoms with Gasteiger partial charge in [0.15, 0.2) is 0 Å². The molecule has 0 rings (SSSR count). The number of carboxylic acids is 1. The summed E-state index contributed by atoms with van der Waals surface area (Å²) in [4.78, 5) is 21.9. The monoisotopic (exact) mass is 214 g/mol. The highest BCUT2D eigenvalue weighted by atomic mass is 16.4. The molecular formula is C10H18N2O3. The molecule has 0 saturated carbocycles. The van der Waals surface area contributed by atoms with Crippen LogP contribution in [0.2, 0.25) is 0 Å². The van der Waals surface area contributed by atoms with Gasteiger partial charge in [0.05, 0.1) is 0 Å². The third-order valence-corrected chi connectivity index (χ3v) is 1.72. The Hall–Kier alpha value is -1.52. The molecule has 5 nitrogen and oxygen atoms in total. The summed E-state index contributed by atoms with van der Waals surface area (Å²) in [5, 5.41) is 13.7. The molecule has 0 aromatic carbocycles. The molecule has 0 radical (unpaired) electrons. The Morgan fingerprint density at radius 3 is 2.47 bits per heavy atom. The van der Waals surface area contributed by atoms with E-state index < -0.39 is 18.0 Å². The molecule has 0 aliphatic heterocycles. The lowest BCUT2D eigenvalue weighted by atomic mass is 10.0. The summed E-state index contributed by atoms with van der Waals surface area (Å²) in [6.07, 6.45) is 1.94. The van der Waals surface area contributed by atoms with Crippen molar-refractivity contribution >= 4 is 12.0 Å². The number of carbonyl (C=O) groups excluding carboxylic acids is 1. The highest BCUT2D eigenvalue weighted by molar-refractivity contribution is 5.82. The molecule has 2 amide bonds. The molecule has 0 spiro atoms. The highest BCUT2D eigenvalue weighted by Gasteiger charge is 2.20. The maximum absolute atomic E-state index is 11.2. The van der Waals surface area contributed by atoms with E-state index in [0.717, 1.165) is 0 Å². The fourth-order valence-corrected chi connectivity index (χ4v) is 1.07. The standard InChI is InChI=1S/C10H18N2O3/c1-4-5-11-10(15)12-8(9(13)14)6-7(2)3/h4,7-8H,1,5-6H2,2-3H3,(H,13,14)(H2,11,12,15). The third-order valence-electron chi connectivity index (χ3n) is 1.72. The molecule has 1 unspecified atom stereocenters. The van der Waals surface area contributed by atoms with E-state index in [0.29, 0.717) is 13.0 Å². The summed E-state index contributed by atoms with van der Waals surface area (Å²) in [5.41, 5.74) is 0. The molecule has 0 aromatic rings. The fraction of sp³-hybridized carbons (Fsp3) is 0.600. The Morgan fingerprint density at radius 2 is 2.07 bits per heavy atom. The van der Waals surface area contributed by atoms with Gasteiger partial charge in [-0.25, -0.2) is 9.59 Å². The summed E-state index contributed by atoms with van der Waals surface area (Å²) in [7, 11) is 0. The molecular weight excluding hydrogens is 196 g/mol. The average molecular weight is 214 g/mol. The van der Waals surface area contributed by atoms with Crippen molar-refractivity contribution in [3.63, 3.8) is 0 Å². The van der Waals surface area contributed by atoms with Gasteiger partial charge < -0.3 is 15.7 Å². The van der Waals surface area contributed by atoms with Crippen LogP contribution in [0.25, 0.3) is 0 Å². The van der Waals surface area contributed by atoms with Gasteiger partial charge >= 0.3 is 12.0 Å². The average Bonchev–Trinajstić information content (AvgIpc) is 2.12. The minimum Gasteiger partial charge on any atom is -0.480 e. The Kier molecular flexibility index (Phi) is 6.17. The molecule has 0 heterocycles. The van der Waals surface area contributed by atoms with Crippen molar-refractivity contribution < 1.29 is 14.7 Å². The minimum absolute atomic E-state index is 0.214. The van der Waals surface area contributed by atoms with Gasteiger partial charge in [0.2, 0.25) is 0 Å². The van der Waals surface area contributed by atoms with Crippen LogP contribution in [0.3, 0.4) is 0 Å². The number of hydrogen-bond acceptors (Lipinski definition) is 2. The van der Waals surface area contributed by atoms with Crippen molar-refractivity contribution in [3.05, 3.63) is 12.7 Å². The quantitative estimate of drug-likeness (QED) is 0.576. The molecule has 0 bridgehead atoms. The van der Waals surface area contributed by atoms with Gasteiger partial charge in [-0.2, -0.15) is 0 Å². The molecule has 86 valence electrons. The maximum Gasteiger partial charge on any atom is 0.326 e. The van der Waals surface area contributed by atoms with Crippen LogP contribution in [-0.4, -0.2) is 29.7 Å². The second-order valence-electron chi connectivity index (χ2n) is 3.66. The van der Waals surface area contributed by atoms with Crippen LogP contribution in [0.4, 0.5) is 4.79 Å². The number of carboxylic acid groups (broad SMARTS) is 1. The van der Waals surface area contributed by atoms with E-state index in [1.54, 1.807) is 0 Å². The summed E-state index contributed by atoms with van der Waals surface area (Å²) in [5.74, 6) is -0.803. The number of amides is 2. The smallest absolute Gasteiger partial charge is 0.326 e. The number of urea groups is 1.